The van der Waals surface area contributed by atoms with E-state index in [4.69, 9.17) is 4.74 Å². The molecule has 2 aromatic heterocycles. The zero-order valence-corrected chi connectivity index (χ0v) is 9.76. The molecule has 3 heterocycles. The highest BCUT2D eigenvalue weighted by Crippen LogP contribution is 2.06. The maximum atomic E-state index is 5.43. The van der Waals surface area contributed by atoms with Crippen LogP contribution in [-0.4, -0.2) is 45.6 Å². The average Bonchev–Trinajstić information content (AvgIpc) is 2.73. The third kappa shape index (κ3) is 2.13. The van der Waals surface area contributed by atoms with E-state index in [9.17, 15) is 0 Å². The Labute approximate surface area is 99.0 Å². The van der Waals surface area contributed by atoms with Gasteiger partial charge in [-0.05, 0) is 19.1 Å². The Morgan fingerprint density at radius 1 is 1.47 bits per heavy atom. The third-order valence-electron chi connectivity index (χ3n) is 2.89. The third-order valence-corrected chi connectivity index (χ3v) is 2.89. The van der Waals surface area contributed by atoms with Gasteiger partial charge in [0.2, 0.25) is 0 Å². The van der Waals surface area contributed by atoms with Gasteiger partial charge in [-0.3, -0.25) is 0 Å². The molecule has 1 aliphatic rings. The number of aryl methyl sites for hydroxylation is 1. The maximum Gasteiger partial charge on any atom is 0.177 e. The summed E-state index contributed by atoms with van der Waals surface area (Å²) in [6.07, 6.45) is 0.789. The van der Waals surface area contributed by atoms with Crippen molar-refractivity contribution in [3.8, 4) is 0 Å². The van der Waals surface area contributed by atoms with E-state index in [0.29, 0.717) is 6.04 Å². The lowest BCUT2D eigenvalue weighted by molar-refractivity contribution is 0.0762. The monoisotopic (exact) mass is 233 g/mol. The zero-order chi connectivity index (χ0) is 11.7. The van der Waals surface area contributed by atoms with Crippen molar-refractivity contribution in [2.75, 3.05) is 19.8 Å². The van der Waals surface area contributed by atoms with Crippen LogP contribution < -0.4 is 5.32 Å². The highest BCUT2D eigenvalue weighted by atomic mass is 16.5. The number of hydrogen-bond acceptors (Lipinski definition) is 5. The second-order valence-electron chi connectivity index (χ2n) is 4.29. The fourth-order valence-corrected chi connectivity index (χ4v) is 2.02. The molecule has 1 unspecified atom stereocenters. The van der Waals surface area contributed by atoms with Crippen LogP contribution in [0.3, 0.4) is 0 Å². The molecule has 0 spiro atoms. The predicted molar refractivity (Wildman–Crippen MR) is 61.8 cm³/mol. The Bertz CT molecular complexity index is 518. The number of nitrogens with zero attached hydrogens (tertiary/aromatic N) is 4. The second-order valence-corrected chi connectivity index (χ2v) is 4.29. The van der Waals surface area contributed by atoms with Gasteiger partial charge in [-0.2, -0.15) is 9.61 Å². The van der Waals surface area contributed by atoms with Crippen LogP contribution in [0.25, 0.3) is 5.65 Å². The summed E-state index contributed by atoms with van der Waals surface area (Å²) >= 11 is 0. The Morgan fingerprint density at radius 2 is 2.41 bits per heavy atom. The minimum Gasteiger partial charge on any atom is -0.379 e. The molecule has 1 fully saturated rings. The highest BCUT2D eigenvalue weighted by Gasteiger charge is 2.17. The number of nitrogens with one attached hydrogen (secondary N) is 1. The minimum atomic E-state index is 0.304. The molecule has 0 amide bonds. The molecule has 0 aliphatic carbocycles. The largest absolute Gasteiger partial charge is 0.379 e. The van der Waals surface area contributed by atoms with Crippen molar-refractivity contribution in [1.82, 2.24) is 25.1 Å². The number of morpholine rings is 1. The van der Waals surface area contributed by atoms with Crippen LogP contribution >= 0.6 is 0 Å². The van der Waals surface area contributed by atoms with Crippen LogP contribution in [0, 0.1) is 6.92 Å². The van der Waals surface area contributed by atoms with E-state index in [2.05, 4.69) is 20.6 Å². The second kappa shape index (κ2) is 4.38. The lowest BCUT2D eigenvalue weighted by Crippen LogP contribution is -2.42. The normalized spacial score (nSPS) is 20.9. The van der Waals surface area contributed by atoms with E-state index in [-0.39, 0.29) is 0 Å². The first-order valence-electron chi connectivity index (χ1n) is 5.82. The summed E-state index contributed by atoms with van der Waals surface area (Å²) in [6, 6.07) is 4.18. The molecule has 6 heteroatoms. The Balaban J connectivity index is 1.86. The summed E-state index contributed by atoms with van der Waals surface area (Å²) in [5.74, 6) is 0.881. The van der Waals surface area contributed by atoms with Gasteiger partial charge in [0.1, 0.15) is 0 Å². The molecule has 2 aromatic rings. The number of hydrogen-bond donors (Lipinski definition) is 1. The molecule has 17 heavy (non-hydrogen) atoms. The van der Waals surface area contributed by atoms with Crippen LogP contribution in [0.15, 0.2) is 12.1 Å². The molecule has 6 nitrogen and oxygen atoms in total. The predicted octanol–water partition coefficient (Wildman–Crippen LogP) is -0.0364. The summed E-state index contributed by atoms with van der Waals surface area (Å²) in [6.45, 7) is 4.37. The van der Waals surface area contributed by atoms with Crippen molar-refractivity contribution in [2.45, 2.75) is 19.4 Å². The van der Waals surface area contributed by atoms with Gasteiger partial charge in [-0.25, -0.2) is 0 Å². The smallest absolute Gasteiger partial charge is 0.177 e. The molecule has 1 aliphatic heterocycles. The summed E-state index contributed by atoms with van der Waals surface area (Å²) in [7, 11) is 0. The molecule has 3 rings (SSSR count). The molecule has 0 aromatic carbocycles. The summed E-state index contributed by atoms with van der Waals surface area (Å²) in [5, 5.41) is 16.1. The van der Waals surface area contributed by atoms with Crippen molar-refractivity contribution in [2.24, 2.45) is 0 Å². The van der Waals surface area contributed by atoms with Crippen molar-refractivity contribution in [1.29, 1.82) is 0 Å². The molecule has 1 N–H and O–H groups in total. The van der Waals surface area contributed by atoms with E-state index in [1.54, 1.807) is 0 Å². The molecular formula is C11H15N5O. The first kappa shape index (κ1) is 10.6. The number of rotatable bonds is 2. The fourth-order valence-electron chi connectivity index (χ4n) is 2.02. The molecular weight excluding hydrogens is 218 g/mol. The van der Waals surface area contributed by atoms with Gasteiger partial charge < -0.3 is 10.1 Å². The van der Waals surface area contributed by atoms with Gasteiger partial charge in [0, 0.05) is 19.0 Å². The van der Waals surface area contributed by atoms with Crippen LogP contribution in [0.1, 0.15) is 11.5 Å². The number of fused-ring (bicyclic) bond motifs is 1. The summed E-state index contributed by atoms with van der Waals surface area (Å²) < 4.78 is 7.24. The molecule has 0 saturated carbocycles. The van der Waals surface area contributed by atoms with Gasteiger partial charge in [0.15, 0.2) is 11.5 Å². The van der Waals surface area contributed by atoms with Crippen LogP contribution in [-0.2, 0) is 11.2 Å². The van der Waals surface area contributed by atoms with E-state index in [1.807, 2.05) is 23.6 Å². The van der Waals surface area contributed by atoms with Crippen molar-refractivity contribution >= 4 is 5.65 Å². The molecule has 0 bridgehead atoms. The fraction of sp³-hybridized carbons (Fsp3) is 0.545. The van der Waals surface area contributed by atoms with Crippen LogP contribution in [0.4, 0.5) is 0 Å². The highest BCUT2D eigenvalue weighted by molar-refractivity contribution is 5.36. The number of ether oxygens (including phenoxy) is 1. The van der Waals surface area contributed by atoms with E-state index >= 15 is 0 Å². The first-order valence-corrected chi connectivity index (χ1v) is 5.82. The van der Waals surface area contributed by atoms with Crippen molar-refractivity contribution < 1.29 is 4.74 Å². The Hall–Kier alpha value is -1.53. The molecule has 1 atom stereocenters. The van der Waals surface area contributed by atoms with Crippen molar-refractivity contribution in [3.05, 3.63) is 23.7 Å². The maximum absolute atomic E-state index is 5.43. The molecule has 90 valence electrons. The van der Waals surface area contributed by atoms with Gasteiger partial charge >= 0.3 is 0 Å². The van der Waals surface area contributed by atoms with Gasteiger partial charge in [-0.1, -0.05) is 0 Å². The van der Waals surface area contributed by atoms with E-state index in [1.165, 1.54) is 0 Å². The van der Waals surface area contributed by atoms with E-state index in [0.717, 1.165) is 43.3 Å². The minimum absolute atomic E-state index is 0.304. The van der Waals surface area contributed by atoms with Gasteiger partial charge in [0.25, 0.3) is 0 Å². The number of aromatic nitrogens is 4. The van der Waals surface area contributed by atoms with Crippen LogP contribution in [0.2, 0.25) is 0 Å². The summed E-state index contributed by atoms with van der Waals surface area (Å²) in [5.41, 5.74) is 1.76. The Morgan fingerprint density at radius 3 is 3.24 bits per heavy atom. The van der Waals surface area contributed by atoms with Gasteiger partial charge in [-0.15, -0.1) is 10.2 Å². The molecule has 0 radical (unpaired) electrons. The lowest BCUT2D eigenvalue weighted by atomic mass is 10.2. The lowest BCUT2D eigenvalue weighted by Gasteiger charge is -2.22. The van der Waals surface area contributed by atoms with Gasteiger partial charge in [0.05, 0.1) is 18.9 Å². The standard InChI is InChI=1S/C11H15N5O/c1-8-2-3-10-13-14-11(16(10)15-8)6-9-7-17-5-4-12-9/h2-3,9,12H,4-7H2,1H3. The SMILES string of the molecule is Cc1ccc2nnc(CC3COCCN3)n2n1. The Kier molecular flexibility index (Phi) is 2.74. The first-order chi connectivity index (χ1) is 8.33. The zero-order valence-electron chi connectivity index (χ0n) is 9.76. The van der Waals surface area contributed by atoms with Crippen molar-refractivity contribution in [3.63, 3.8) is 0 Å². The average molecular weight is 233 g/mol. The summed E-state index contributed by atoms with van der Waals surface area (Å²) in [4.78, 5) is 0. The topological polar surface area (TPSA) is 64.3 Å². The van der Waals surface area contributed by atoms with E-state index < -0.39 is 0 Å². The molecule has 1 saturated heterocycles. The quantitative estimate of drug-likeness (QED) is 0.788. The van der Waals surface area contributed by atoms with Crippen LogP contribution in [0.5, 0.6) is 0 Å².